The molecule has 0 aliphatic heterocycles. The van der Waals surface area contributed by atoms with Crippen molar-refractivity contribution in [2.45, 2.75) is 32.8 Å². The van der Waals surface area contributed by atoms with Crippen LogP contribution in [0.3, 0.4) is 0 Å². The Bertz CT molecular complexity index is 416. The molecular weight excluding hydrogens is 243 g/mol. The van der Waals surface area contributed by atoms with Gasteiger partial charge in [0, 0.05) is 13.0 Å². The van der Waals surface area contributed by atoms with Gasteiger partial charge in [-0.3, -0.25) is 4.79 Å². The fourth-order valence-corrected chi connectivity index (χ4v) is 1.61. The minimum atomic E-state index is -0.842. The first kappa shape index (κ1) is 14.1. The maximum atomic E-state index is 13.2. The van der Waals surface area contributed by atoms with E-state index in [9.17, 15) is 9.18 Å². The van der Waals surface area contributed by atoms with Gasteiger partial charge in [0.05, 0.1) is 5.02 Å². The molecule has 1 rings (SSSR count). The molecule has 0 unspecified atom stereocenters. The fraction of sp³-hybridized carbons (Fsp3) is 0.462. The maximum absolute atomic E-state index is 13.2. The molecule has 0 aromatic heterocycles. The summed E-state index contributed by atoms with van der Waals surface area (Å²) in [6, 6.07) is 4.38. The minimum absolute atomic E-state index is 0.0604. The van der Waals surface area contributed by atoms with Gasteiger partial charge in [-0.2, -0.15) is 0 Å². The number of hydrogen-bond donors (Lipinski definition) is 0. The van der Waals surface area contributed by atoms with Gasteiger partial charge in [-0.05, 0) is 38.5 Å². The number of hydrogen-bond acceptors (Lipinski definition) is 2. The van der Waals surface area contributed by atoms with E-state index >= 15 is 0 Å². The molecule has 0 N–H and O–H groups in total. The number of Topliss-reactive ketones (excluding diaryl/α,β-unsaturated/α-hetero) is 1. The van der Waals surface area contributed by atoms with Crippen LogP contribution in [-0.2, 0) is 16.0 Å². The van der Waals surface area contributed by atoms with E-state index in [0.29, 0.717) is 12.2 Å². The Labute approximate surface area is 106 Å². The Morgan fingerprint density at radius 1 is 1.47 bits per heavy atom. The van der Waals surface area contributed by atoms with E-state index in [1.54, 1.807) is 19.9 Å². The predicted molar refractivity (Wildman–Crippen MR) is 65.8 cm³/mol. The van der Waals surface area contributed by atoms with Crippen molar-refractivity contribution >= 4 is 17.4 Å². The summed E-state index contributed by atoms with van der Waals surface area (Å²) in [7, 11) is 0. The molecule has 0 saturated heterocycles. The molecule has 17 heavy (non-hydrogen) atoms. The maximum Gasteiger partial charge on any atom is 0.168 e. The van der Waals surface area contributed by atoms with E-state index in [1.807, 2.05) is 6.92 Å². The first-order valence-corrected chi connectivity index (χ1v) is 5.86. The molecule has 1 aromatic carbocycles. The Kier molecular flexibility index (Phi) is 4.66. The standard InChI is InChI=1S/C13H16ClFO2/c1-4-17-13(2,3)12(16)8-9-5-6-10(14)11(15)7-9/h5-7H,4,8H2,1-3H3. The van der Waals surface area contributed by atoms with Crippen LogP contribution in [-0.4, -0.2) is 18.0 Å². The molecule has 0 amide bonds. The second kappa shape index (κ2) is 5.61. The number of rotatable bonds is 5. The zero-order chi connectivity index (χ0) is 13.1. The number of carbonyl (C=O) groups excluding carboxylic acids is 1. The van der Waals surface area contributed by atoms with Crippen LogP contribution in [0.25, 0.3) is 0 Å². The van der Waals surface area contributed by atoms with Crippen molar-refractivity contribution in [1.29, 1.82) is 0 Å². The summed E-state index contributed by atoms with van der Waals surface area (Å²) < 4.78 is 18.5. The van der Waals surface area contributed by atoms with Crippen LogP contribution in [0.4, 0.5) is 4.39 Å². The molecular formula is C13H16ClFO2. The van der Waals surface area contributed by atoms with E-state index < -0.39 is 11.4 Å². The fourth-order valence-electron chi connectivity index (χ4n) is 1.49. The van der Waals surface area contributed by atoms with Gasteiger partial charge in [0.25, 0.3) is 0 Å². The van der Waals surface area contributed by atoms with Crippen LogP contribution in [0.15, 0.2) is 18.2 Å². The second-order valence-corrected chi connectivity index (χ2v) is 4.70. The summed E-state index contributed by atoms with van der Waals surface area (Å²) >= 11 is 5.57. The molecule has 4 heteroatoms. The molecule has 0 fully saturated rings. The lowest BCUT2D eigenvalue weighted by molar-refractivity contribution is -0.139. The Hall–Kier alpha value is -0.930. The Morgan fingerprint density at radius 3 is 2.65 bits per heavy atom. The van der Waals surface area contributed by atoms with Crippen molar-refractivity contribution in [1.82, 2.24) is 0 Å². The third-order valence-electron chi connectivity index (χ3n) is 2.53. The Morgan fingerprint density at radius 2 is 2.12 bits per heavy atom. The van der Waals surface area contributed by atoms with Gasteiger partial charge >= 0.3 is 0 Å². The molecule has 0 aliphatic rings. The van der Waals surface area contributed by atoms with Gasteiger partial charge in [-0.15, -0.1) is 0 Å². The average Bonchev–Trinajstić information content (AvgIpc) is 2.23. The van der Waals surface area contributed by atoms with Crippen LogP contribution >= 0.6 is 11.6 Å². The number of ether oxygens (including phenoxy) is 1. The topological polar surface area (TPSA) is 26.3 Å². The molecule has 2 nitrogen and oxygen atoms in total. The molecule has 1 aromatic rings. The predicted octanol–water partition coefficient (Wildman–Crippen LogP) is 3.41. The van der Waals surface area contributed by atoms with Gasteiger partial charge in [0.1, 0.15) is 11.4 Å². The average molecular weight is 259 g/mol. The van der Waals surface area contributed by atoms with E-state index in [4.69, 9.17) is 16.3 Å². The van der Waals surface area contributed by atoms with Gasteiger partial charge < -0.3 is 4.74 Å². The molecule has 0 radical (unpaired) electrons. The first-order valence-electron chi connectivity index (χ1n) is 5.48. The summed E-state index contributed by atoms with van der Waals surface area (Å²) in [5.41, 5.74) is -0.241. The molecule has 0 bridgehead atoms. The first-order chi connectivity index (χ1) is 7.86. The van der Waals surface area contributed by atoms with E-state index in [2.05, 4.69) is 0 Å². The van der Waals surface area contributed by atoms with Crippen molar-refractivity contribution in [2.24, 2.45) is 0 Å². The normalized spacial score (nSPS) is 11.6. The molecule has 94 valence electrons. The highest BCUT2D eigenvalue weighted by Gasteiger charge is 2.27. The lowest BCUT2D eigenvalue weighted by atomic mass is 9.97. The largest absolute Gasteiger partial charge is 0.368 e. The summed E-state index contributed by atoms with van der Waals surface area (Å²) in [6.45, 7) is 5.72. The zero-order valence-corrected chi connectivity index (χ0v) is 11.0. The third-order valence-corrected chi connectivity index (χ3v) is 2.83. The molecule has 0 heterocycles. The highest BCUT2D eigenvalue weighted by Crippen LogP contribution is 2.19. The van der Waals surface area contributed by atoms with E-state index in [1.165, 1.54) is 12.1 Å². The zero-order valence-electron chi connectivity index (χ0n) is 10.2. The monoisotopic (exact) mass is 258 g/mol. The summed E-state index contributed by atoms with van der Waals surface area (Å²) in [4.78, 5) is 11.9. The highest BCUT2D eigenvalue weighted by molar-refractivity contribution is 6.30. The minimum Gasteiger partial charge on any atom is -0.368 e. The van der Waals surface area contributed by atoms with Gasteiger partial charge in [0.15, 0.2) is 5.78 Å². The highest BCUT2D eigenvalue weighted by atomic mass is 35.5. The van der Waals surface area contributed by atoms with Crippen LogP contribution in [0.2, 0.25) is 5.02 Å². The summed E-state index contributed by atoms with van der Waals surface area (Å²) in [6.07, 6.45) is 0.140. The summed E-state index contributed by atoms with van der Waals surface area (Å²) in [5, 5.41) is 0.0604. The SMILES string of the molecule is CCOC(C)(C)C(=O)Cc1ccc(Cl)c(F)c1. The molecule has 0 saturated carbocycles. The smallest absolute Gasteiger partial charge is 0.168 e. The van der Waals surface area contributed by atoms with Crippen molar-refractivity contribution in [3.8, 4) is 0 Å². The second-order valence-electron chi connectivity index (χ2n) is 4.29. The molecule has 0 aliphatic carbocycles. The van der Waals surface area contributed by atoms with Gasteiger partial charge in [-0.1, -0.05) is 17.7 Å². The van der Waals surface area contributed by atoms with E-state index in [-0.39, 0.29) is 17.2 Å². The number of benzene rings is 1. The van der Waals surface area contributed by atoms with Crippen molar-refractivity contribution in [3.05, 3.63) is 34.6 Å². The van der Waals surface area contributed by atoms with Crippen molar-refractivity contribution in [2.75, 3.05) is 6.61 Å². The Balaban J connectivity index is 2.77. The van der Waals surface area contributed by atoms with Gasteiger partial charge in [0.2, 0.25) is 0 Å². The number of halogens is 2. The summed E-state index contributed by atoms with van der Waals surface area (Å²) in [5.74, 6) is -0.591. The van der Waals surface area contributed by atoms with Crippen LogP contribution in [0.1, 0.15) is 26.3 Å². The van der Waals surface area contributed by atoms with Gasteiger partial charge in [-0.25, -0.2) is 4.39 Å². The third kappa shape index (κ3) is 3.79. The van der Waals surface area contributed by atoms with Crippen molar-refractivity contribution in [3.63, 3.8) is 0 Å². The van der Waals surface area contributed by atoms with E-state index in [0.717, 1.165) is 0 Å². The van der Waals surface area contributed by atoms with Crippen molar-refractivity contribution < 1.29 is 13.9 Å². The number of carbonyl (C=O) groups is 1. The van der Waals surface area contributed by atoms with Crippen LogP contribution in [0.5, 0.6) is 0 Å². The lowest BCUT2D eigenvalue weighted by Gasteiger charge is -2.23. The number of ketones is 1. The quantitative estimate of drug-likeness (QED) is 0.809. The molecule has 0 spiro atoms. The van der Waals surface area contributed by atoms with Crippen LogP contribution in [0, 0.1) is 5.82 Å². The lowest BCUT2D eigenvalue weighted by Crippen LogP contribution is -2.36. The molecule has 0 atom stereocenters. The van der Waals surface area contributed by atoms with Crippen LogP contribution < -0.4 is 0 Å².